The highest BCUT2D eigenvalue weighted by atomic mass is 32.2. The van der Waals surface area contributed by atoms with E-state index in [1.807, 2.05) is 43.3 Å². The molecule has 12 nitrogen and oxygen atoms in total. The fraction of sp³-hybridized carbons (Fsp3) is 0.233. The molecule has 5 rings (SSSR count). The molecule has 14 heteroatoms. The van der Waals surface area contributed by atoms with E-state index in [9.17, 15) is 24.5 Å². The van der Waals surface area contributed by atoms with Crippen molar-refractivity contribution in [3.8, 4) is 0 Å². The minimum atomic E-state index is -0.777. The molecular weight excluding hydrogens is 605 g/mol. The Balaban J connectivity index is 1.62. The van der Waals surface area contributed by atoms with Crippen molar-refractivity contribution in [2.45, 2.75) is 36.9 Å². The number of carbonyl (C=O) groups is 1. The van der Waals surface area contributed by atoms with Crippen molar-refractivity contribution in [3.05, 3.63) is 117 Å². The molecule has 1 N–H and O–H groups in total. The summed E-state index contributed by atoms with van der Waals surface area (Å²) >= 11 is 2.09. The summed E-state index contributed by atoms with van der Waals surface area (Å²) in [6.07, 6.45) is 1.56. The largest absolute Gasteiger partial charge is 0.463 e. The monoisotopic (exact) mass is 632 g/mol. The standard InChI is InChI=1S/C30H28N6O6S2/c1-6-42-28(39)25-17(3)32-30-35(26(25)19-8-10-20(11-9-19)34(4)5)27(38)23(44-30)15-18-7-12-22(21(14-18)36(40)41)43-29-31-16(2)13-24(37)33-29/h7-15,26H,6H2,1-5H3,(H,31,33,37)/b23-15+/t26-/m1/s1. The molecule has 0 unspecified atom stereocenters. The Bertz CT molecular complexity index is 2060. The number of benzene rings is 2. The molecule has 2 aromatic heterocycles. The SMILES string of the molecule is CCOC(=O)C1=C(C)N=c2s/c(=C/c3ccc(Sc4nc(C)cc(=O)[nH]4)c([N+](=O)[O-])c3)c(=O)n2[C@@H]1c1ccc(N(C)C)cc1. The fourth-order valence-electron chi connectivity index (χ4n) is 4.77. The number of hydrogen-bond donors (Lipinski definition) is 1. The third-order valence-corrected chi connectivity index (χ3v) is 8.71. The topological polar surface area (TPSA) is 153 Å². The molecule has 0 amide bonds. The first kappa shape index (κ1) is 30.6. The molecule has 0 spiro atoms. The van der Waals surface area contributed by atoms with Crippen molar-refractivity contribution in [3.63, 3.8) is 0 Å². The number of aromatic amines is 1. The van der Waals surface area contributed by atoms with Crippen LogP contribution >= 0.6 is 23.1 Å². The third kappa shape index (κ3) is 6.12. The summed E-state index contributed by atoms with van der Waals surface area (Å²) in [6, 6.07) is 12.7. The van der Waals surface area contributed by atoms with E-state index in [2.05, 4.69) is 15.0 Å². The molecule has 44 heavy (non-hydrogen) atoms. The number of nitrogens with one attached hydrogen (secondary N) is 1. The number of nitrogens with zero attached hydrogens (tertiary/aromatic N) is 5. The lowest BCUT2D eigenvalue weighted by Crippen LogP contribution is -2.39. The highest BCUT2D eigenvalue weighted by Crippen LogP contribution is 2.34. The van der Waals surface area contributed by atoms with E-state index in [0.29, 0.717) is 27.3 Å². The third-order valence-electron chi connectivity index (χ3n) is 6.77. The van der Waals surface area contributed by atoms with Gasteiger partial charge in [0.25, 0.3) is 16.8 Å². The van der Waals surface area contributed by atoms with Gasteiger partial charge in [-0.25, -0.2) is 14.8 Å². The number of esters is 1. The molecule has 1 atom stereocenters. The van der Waals surface area contributed by atoms with Crippen LogP contribution in [0.25, 0.3) is 6.08 Å². The summed E-state index contributed by atoms with van der Waals surface area (Å²) in [5, 5.41) is 12.2. The Hall–Kier alpha value is -4.82. The van der Waals surface area contributed by atoms with Gasteiger partial charge >= 0.3 is 5.97 Å². The molecule has 2 aromatic carbocycles. The van der Waals surface area contributed by atoms with Gasteiger partial charge in [-0.05, 0) is 67.9 Å². The molecule has 0 fully saturated rings. The predicted octanol–water partition coefficient (Wildman–Crippen LogP) is 3.32. The van der Waals surface area contributed by atoms with Crippen molar-refractivity contribution in [2.24, 2.45) is 4.99 Å². The van der Waals surface area contributed by atoms with E-state index >= 15 is 0 Å². The highest BCUT2D eigenvalue weighted by Gasteiger charge is 2.33. The quantitative estimate of drug-likeness (QED) is 0.133. The van der Waals surface area contributed by atoms with Crippen molar-refractivity contribution < 1.29 is 14.5 Å². The van der Waals surface area contributed by atoms with Gasteiger partial charge in [-0.1, -0.05) is 29.5 Å². The molecule has 3 heterocycles. The lowest BCUT2D eigenvalue weighted by atomic mass is 9.95. The van der Waals surface area contributed by atoms with E-state index in [-0.39, 0.29) is 38.0 Å². The molecule has 0 radical (unpaired) electrons. The molecule has 0 bridgehead atoms. The Kier molecular flexibility index (Phi) is 8.65. The summed E-state index contributed by atoms with van der Waals surface area (Å²) < 4.78 is 7.11. The number of rotatable bonds is 8. The molecule has 0 aliphatic carbocycles. The lowest BCUT2D eigenvalue weighted by molar-refractivity contribution is -0.387. The van der Waals surface area contributed by atoms with Gasteiger partial charge in [0.15, 0.2) is 9.96 Å². The summed E-state index contributed by atoms with van der Waals surface area (Å²) in [4.78, 5) is 64.4. The number of thiazole rings is 1. The van der Waals surface area contributed by atoms with Crippen molar-refractivity contribution in [2.75, 3.05) is 25.6 Å². The molecule has 226 valence electrons. The van der Waals surface area contributed by atoms with Crippen LogP contribution < -0.4 is 25.4 Å². The fourth-order valence-corrected chi connectivity index (χ4v) is 6.74. The van der Waals surface area contributed by atoms with Crippen molar-refractivity contribution in [1.29, 1.82) is 0 Å². The van der Waals surface area contributed by atoms with Gasteiger partial charge in [0.1, 0.15) is 0 Å². The number of hydrogen-bond acceptors (Lipinski definition) is 11. The molecular formula is C30H28N6O6S2. The van der Waals surface area contributed by atoms with Gasteiger partial charge in [0.2, 0.25) is 0 Å². The van der Waals surface area contributed by atoms with Crippen molar-refractivity contribution >= 4 is 46.5 Å². The number of anilines is 1. The average Bonchev–Trinajstić information content (AvgIpc) is 3.26. The predicted molar refractivity (Wildman–Crippen MR) is 168 cm³/mol. The summed E-state index contributed by atoms with van der Waals surface area (Å²) in [6.45, 7) is 5.24. The average molecular weight is 633 g/mol. The van der Waals surface area contributed by atoms with E-state index in [1.54, 1.807) is 39.0 Å². The lowest BCUT2D eigenvalue weighted by Gasteiger charge is -2.25. The first-order valence-corrected chi connectivity index (χ1v) is 15.1. The van der Waals surface area contributed by atoms with Gasteiger partial charge in [0.05, 0.1) is 38.3 Å². The first-order chi connectivity index (χ1) is 21.0. The second-order valence-electron chi connectivity index (χ2n) is 10.1. The van der Waals surface area contributed by atoms with Gasteiger partial charge in [0, 0.05) is 37.6 Å². The zero-order valence-electron chi connectivity index (χ0n) is 24.5. The number of nitro benzene ring substituents is 1. The number of nitro groups is 1. The molecule has 0 saturated heterocycles. The normalized spacial score (nSPS) is 14.7. The Labute approximate surface area is 259 Å². The Morgan fingerprint density at radius 3 is 2.55 bits per heavy atom. The number of ether oxygens (including phenoxy) is 1. The van der Waals surface area contributed by atoms with Crippen LogP contribution in [0, 0.1) is 17.0 Å². The van der Waals surface area contributed by atoms with Crippen LogP contribution in [0.5, 0.6) is 0 Å². The second-order valence-corrected chi connectivity index (χ2v) is 12.1. The minimum Gasteiger partial charge on any atom is -0.463 e. The maximum Gasteiger partial charge on any atom is 0.338 e. The zero-order valence-corrected chi connectivity index (χ0v) is 26.1. The molecule has 1 aliphatic heterocycles. The van der Waals surface area contributed by atoms with Gasteiger partial charge in [-0.3, -0.25) is 24.3 Å². The minimum absolute atomic E-state index is 0.162. The zero-order chi connectivity index (χ0) is 31.7. The van der Waals surface area contributed by atoms with Crippen LogP contribution in [0.1, 0.15) is 36.7 Å². The van der Waals surface area contributed by atoms with Crippen molar-refractivity contribution in [1.82, 2.24) is 14.5 Å². The Morgan fingerprint density at radius 1 is 1.18 bits per heavy atom. The second kappa shape index (κ2) is 12.4. The van der Waals surface area contributed by atoms with Gasteiger partial charge in [-0.2, -0.15) is 0 Å². The number of aryl methyl sites for hydroxylation is 1. The van der Waals surface area contributed by atoms with Crippen LogP contribution in [0.2, 0.25) is 0 Å². The number of H-pyrrole nitrogens is 1. The van der Waals surface area contributed by atoms with Crippen LogP contribution in [-0.2, 0) is 9.53 Å². The number of allylic oxidation sites excluding steroid dienone is 1. The highest BCUT2D eigenvalue weighted by molar-refractivity contribution is 7.99. The van der Waals surface area contributed by atoms with E-state index in [0.717, 1.165) is 28.8 Å². The molecule has 0 saturated carbocycles. The van der Waals surface area contributed by atoms with E-state index in [1.165, 1.54) is 16.7 Å². The van der Waals surface area contributed by atoms with Gasteiger partial charge in [-0.15, -0.1) is 0 Å². The van der Waals surface area contributed by atoms with Crippen LogP contribution in [0.3, 0.4) is 0 Å². The summed E-state index contributed by atoms with van der Waals surface area (Å²) in [5.41, 5.74) is 2.31. The first-order valence-electron chi connectivity index (χ1n) is 13.5. The molecule has 1 aliphatic rings. The maximum atomic E-state index is 13.9. The number of aromatic nitrogens is 3. The van der Waals surface area contributed by atoms with Crippen LogP contribution in [0.4, 0.5) is 11.4 Å². The van der Waals surface area contributed by atoms with Crippen LogP contribution in [0.15, 0.2) is 84.4 Å². The summed E-state index contributed by atoms with van der Waals surface area (Å²) in [5.74, 6) is -0.558. The number of fused-ring (bicyclic) bond motifs is 1. The molecule has 4 aromatic rings. The number of carbonyl (C=O) groups excluding carboxylic acids is 1. The Morgan fingerprint density at radius 2 is 1.91 bits per heavy atom. The van der Waals surface area contributed by atoms with E-state index < -0.39 is 22.5 Å². The van der Waals surface area contributed by atoms with Crippen LogP contribution in [-0.4, -0.2) is 46.1 Å². The van der Waals surface area contributed by atoms with E-state index in [4.69, 9.17) is 4.74 Å². The maximum absolute atomic E-state index is 13.9. The summed E-state index contributed by atoms with van der Waals surface area (Å²) in [7, 11) is 3.84. The smallest absolute Gasteiger partial charge is 0.338 e. The van der Waals surface area contributed by atoms with Gasteiger partial charge < -0.3 is 14.6 Å².